The fraction of sp³-hybridized carbons (Fsp3) is 0.608. The van der Waals surface area contributed by atoms with Crippen LogP contribution in [0.4, 0.5) is 18.9 Å². The van der Waals surface area contributed by atoms with Crippen molar-refractivity contribution < 1.29 is 46.6 Å². The molecule has 0 spiro atoms. The van der Waals surface area contributed by atoms with E-state index in [9.17, 15) is 32.3 Å². The summed E-state index contributed by atoms with van der Waals surface area (Å²) >= 11 is 1.51. The lowest BCUT2D eigenvalue weighted by atomic mass is 9.83. The molecule has 3 aromatic rings. The molecule has 0 radical (unpaired) electrons. The van der Waals surface area contributed by atoms with Crippen molar-refractivity contribution in [2.24, 2.45) is 29.6 Å². The summed E-state index contributed by atoms with van der Waals surface area (Å²) in [7, 11) is 6.94. The number of ether oxygens (including phenoxy) is 2. The number of Topliss-reactive ketones (excluding diaryl/α,β-unsaturated/α-hetero) is 1. The first-order valence-electron chi connectivity index (χ1n) is 23.5. The van der Waals surface area contributed by atoms with E-state index in [4.69, 9.17) is 20.0 Å². The molecule has 378 valence electrons. The summed E-state index contributed by atoms with van der Waals surface area (Å²) in [6.07, 6.45) is -2.13. The predicted molar refractivity (Wildman–Crippen MR) is 260 cm³/mol. The highest BCUT2D eigenvalue weighted by Crippen LogP contribution is 2.32. The Morgan fingerprint density at radius 2 is 1.60 bits per heavy atom. The molecule has 0 saturated carbocycles. The second-order valence-corrected chi connectivity index (χ2v) is 19.7. The van der Waals surface area contributed by atoms with E-state index >= 15 is 0 Å². The van der Waals surface area contributed by atoms with Gasteiger partial charge in [0, 0.05) is 64.0 Å². The number of methoxy groups -OCH3 is 2. The third-order valence-corrected chi connectivity index (χ3v) is 14.0. The molecule has 1 aliphatic heterocycles. The first-order valence-corrected chi connectivity index (χ1v) is 24.4. The van der Waals surface area contributed by atoms with E-state index in [0.717, 1.165) is 29.0 Å². The number of carbonyl (C=O) groups is 5. The molecule has 4 rings (SSSR count). The summed E-state index contributed by atoms with van der Waals surface area (Å²) in [4.78, 5) is 76.2. The fourth-order valence-corrected chi connectivity index (χ4v) is 10.2. The van der Waals surface area contributed by atoms with Crippen LogP contribution in [0.5, 0.6) is 0 Å². The zero-order chi connectivity index (χ0) is 50.9. The number of anilines is 1. The van der Waals surface area contributed by atoms with Crippen LogP contribution in [0.1, 0.15) is 103 Å². The number of nitrogens with two attached hydrogens (primary N) is 1. The average Bonchev–Trinajstić information content (AvgIpc) is 4.02. The number of nitrogens with one attached hydrogen (secondary N) is 1. The Balaban J connectivity index is 0.00000191. The second kappa shape index (κ2) is 27.5. The summed E-state index contributed by atoms with van der Waals surface area (Å²) in [5.74, 6) is -1.58. The number of aromatic nitrogens is 1. The van der Waals surface area contributed by atoms with Gasteiger partial charge in [-0.1, -0.05) is 97.4 Å². The molecule has 1 fully saturated rings. The van der Waals surface area contributed by atoms with Gasteiger partial charge in [-0.15, -0.1) is 11.3 Å². The van der Waals surface area contributed by atoms with E-state index in [1.54, 1.807) is 32.4 Å². The fourth-order valence-electron chi connectivity index (χ4n) is 9.48. The molecule has 0 bridgehead atoms. The van der Waals surface area contributed by atoms with Crippen molar-refractivity contribution in [2.45, 2.75) is 136 Å². The lowest BCUT2D eigenvalue weighted by Gasteiger charge is -2.41. The van der Waals surface area contributed by atoms with E-state index in [1.807, 2.05) is 107 Å². The lowest BCUT2D eigenvalue weighted by Crippen LogP contribution is -2.54. The van der Waals surface area contributed by atoms with Crippen LogP contribution in [0.15, 0.2) is 66.2 Å². The van der Waals surface area contributed by atoms with Crippen molar-refractivity contribution in [3.05, 3.63) is 82.3 Å². The molecule has 1 aromatic heterocycles. The predicted octanol–water partition coefficient (Wildman–Crippen LogP) is 8.18. The molecule has 17 heteroatoms. The number of halogens is 3. The Labute approximate surface area is 405 Å². The topological polar surface area (TPSA) is 164 Å². The first kappa shape index (κ1) is 57.6. The van der Waals surface area contributed by atoms with Gasteiger partial charge < -0.3 is 30.3 Å². The van der Waals surface area contributed by atoms with Crippen molar-refractivity contribution in [2.75, 3.05) is 40.6 Å². The molecular formula is C51H75F3N6O7S. The highest BCUT2D eigenvalue weighted by atomic mass is 32.1. The van der Waals surface area contributed by atoms with Crippen LogP contribution in [0, 0.1) is 29.6 Å². The van der Waals surface area contributed by atoms with Gasteiger partial charge in [0.2, 0.25) is 24.0 Å². The summed E-state index contributed by atoms with van der Waals surface area (Å²) in [5, 5.41) is 5.98. The summed E-state index contributed by atoms with van der Waals surface area (Å²) in [5.41, 5.74) is 8.83. The van der Waals surface area contributed by atoms with Gasteiger partial charge in [0.25, 0.3) is 0 Å². The van der Waals surface area contributed by atoms with Crippen LogP contribution in [-0.2, 0) is 46.4 Å². The summed E-state index contributed by atoms with van der Waals surface area (Å²) < 4.78 is 43.5. The number of alkyl halides is 3. The number of benzene rings is 2. The molecular weight excluding hydrogens is 898 g/mol. The van der Waals surface area contributed by atoms with Crippen molar-refractivity contribution in [1.82, 2.24) is 25.0 Å². The van der Waals surface area contributed by atoms with E-state index in [1.165, 1.54) is 11.3 Å². The molecule has 3 amide bonds. The van der Waals surface area contributed by atoms with Crippen LogP contribution in [0.3, 0.4) is 0 Å². The molecule has 1 saturated heterocycles. The number of aldehydes is 1. The number of likely N-dealkylation sites (N-methyl/N-ethyl adjacent to an activating group) is 2. The largest absolute Gasteiger partial charge is 0.446 e. The van der Waals surface area contributed by atoms with Gasteiger partial charge >= 0.3 is 6.18 Å². The number of nitrogen functional groups attached to an aromatic ring is 1. The van der Waals surface area contributed by atoms with Gasteiger partial charge in [-0.25, -0.2) is 4.98 Å². The number of amides is 3. The minimum Gasteiger partial charge on any atom is -0.399 e. The number of ketones is 1. The Morgan fingerprint density at radius 3 is 2.13 bits per heavy atom. The third-order valence-electron chi connectivity index (χ3n) is 13.1. The van der Waals surface area contributed by atoms with E-state index < -0.39 is 48.6 Å². The molecule has 2 heterocycles. The van der Waals surface area contributed by atoms with Crippen LogP contribution in [0.25, 0.3) is 0 Å². The number of hydrogen-bond donors (Lipinski definition) is 2. The van der Waals surface area contributed by atoms with Gasteiger partial charge in [-0.3, -0.25) is 28.9 Å². The number of likely N-dealkylation sites (tertiary alicyclic amines) is 1. The maximum Gasteiger partial charge on any atom is 0.446 e. The van der Waals surface area contributed by atoms with E-state index in [0.29, 0.717) is 31.6 Å². The molecule has 9 atom stereocenters. The maximum absolute atomic E-state index is 14.6. The van der Waals surface area contributed by atoms with Crippen LogP contribution in [0.2, 0.25) is 0 Å². The minimum atomic E-state index is -4.64. The van der Waals surface area contributed by atoms with Gasteiger partial charge in [0.15, 0.2) is 5.78 Å². The van der Waals surface area contributed by atoms with Crippen molar-refractivity contribution in [3.63, 3.8) is 0 Å². The highest BCUT2D eigenvalue weighted by Gasteiger charge is 2.43. The molecule has 1 aliphatic rings. The molecule has 13 nitrogen and oxygen atoms in total. The summed E-state index contributed by atoms with van der Waals surface area (Å²) in [6.45, 7) is 15.2. The van der Waals surface area contributed by atoms with Gasteiger partial charge in [-0.2, -0.15) is 13.2 Å². The van der Waals surface area contributed by atoms with Crippen molar-refractivity contribution in [1.29, 1.82) is 0 Å². The maximum atomic E-state index is 14.6. The smallest absolute Gasteiger partial charge is 0.399 e. The Kier molecular flexibility index (Phi) is 23.3. The molecule has 0 aliphatic carbocycles. The molecule has 2 aromatic carbocycles. The zero-order valence-corrected chi connectivity index (χ0v) is 42.5. The quantitative estimate of drug-likeness (QED) is 0.0661. The molecule has 68 heavy (non-hydrogen) atoms. The Morgan fingerprint density at radius 1 is 0.956 bits per heavy atom. The van der Waals surface area contributed by atoms with Gasteiger partial charge in [0.1, 0.15) is 5.01 Å². The second-order valence-electron chi connectivity index (χ2n) is 18.7. The molecule has 0 unspecified atom stereocenters. The number of thiazole rings is 1. The van der Waals surface area contributed by atoms with Crippen LogP contribution < -0.4 is 11.1 Å². The standard InChI is InChI=1S/C49H74N6O6S.C2HF3O/c1-12-33(6)45(54(9)49(59)38(31(2)3)28-41(56)44(32(4)5)53(8)30-36-20-16-21-37(50)26-36)42(60-10)29-43(57)55-24-17-22-40(55)46(61-11)34(7)47(58)52-39(48-51-23-25-62-48)27-35-18-14-13-15-19-35;3-2(4,5)1-6/h13-16,18-21,23,25-26,31-34,38-40,42,44-46H,12,17,22,24,27-30,50H2,1-11H3,(H,52,58);1H/t33-,34+,38-,39-,40-,42+,44-,45-,46+;/m0./s1. The van der Waals surface area contributed by atoms with E-state index in [2.05, 4.69) is 29.0 Å². The zero-order valence-electron chi connectivity index (χ0n) is 41.7. The SMILES string of the molecule is CC[C@H](C)[C@@H]([C@@H](CC(=O)N1CCC[C@H]1[C@H](OC)[C@@H](C)C(=O)N[C@@H](Cc1ccccc1)c1nccs1)OC)N(C)C(=O)[C@@H](CC(=O)[C@H](C(C)C)N(C)Cc1cccc(N)c1)C(C)C.O=CC(F)(F)F. The van der Waals surface area contributed by atoms with Crippen LogP contribution >= 0.6 is 11.3 Å². The van der Waals surface area contributed by atoms with Crippen LogP contribution in [-0.4, -0.2) is 121 Å². The van der Waals surface area contributed by atoms with Gasteiger partial charge in [0.05, 0.1) is 48.7 Å². The van der Waals surface area contributed by atoms with Crippen molar-refractivity contribution in [3.8, 4) is 0 Å². The number of carbonyl (C=O) groups excluding carboxylic acids is 5. The lowest BCUT2D eigenvalue weighted by molar-refractivity contribution is -0.156. The van der Waals surface area contributed by atoms with Gasteiger partial charge in [-0.05, 0) is 67.3 Å². The third kappa shape index (κ3) is 16.8. The minimum absolute atomic E-state index is 0.00967. The Bertz CT molecular complexity index is 2020. The number of rotatable bonds is 24. The highest BCUT2D eigenvalue weighted by molar-refractivity contribution is 7.09. The number of nitrogens with zero attached hydrogens (tertiary/aromatic N) is 4. The van der Waals surface area contributed by atoms with Crippen molar-refractivity contribution >= 4 is 46.8 Å². The van der Waals surface area contributed by atoms with E-state index in [-0.39, 0.29) is 66.2 Å². The first-order chi connectivity index (χ1) is 32.1. The average molecular weight is 973 g/mol. The summed E-state index contributed by atoms with van der Waals surface area (Å²) in [6, 6.07) is 16.3. The normalized spacial score (nSPS) is 17.6. The Hall–Kier alpha value is -4.71. The molecule has 3 N–H and O–H groups in total. The number of hydrogen-bond acceptors (Lipinski definition) is 11. The monoisotopic (exact) mass is 973 g/mol.